The second-order valence-corrected chi connectivity index (χ2v) is 3.79. The van der Waals surface area contributed by atoms with E-state index in [1.807, 2.05) is 0 Å². The van der Waals surface area contributed by atoms with Gasteiger partial charge in [-0.2, -0.15) is 8.42 Å². The molecule has 70 valence electrons. The van der Waals surface area contributed by atoms with Gasteiger partial charge in [0.25, 0.3) is 10.1 Å². The Morgan fingerprint density at radius 3 is 2.46 bits per heavy atom. The zero-order valence-corrected chi connectivity index (χ0v) is 7.28. The molecular weight excluding hydrogens is 194 g/mol. The van der Waals surface area contributed by atoms with Gasteiger partial charge in [0, 0.05) is 5.56 Å². The molecule has 1 aromatic carbocycles. The number of benzene rings is 1. The smallest absolute Gasteiger partial charge is 0.294 e. The van der Waals surface area contributed by atoms with E-state index in [4.69, 9.17) is 10.3 Å². The maximum atomic E-state index is 10.6. The van der Waals surface area contributed by atoms with Crippen LogP contribution >= 0.6 is 0 Å². The van der Waals surface area contributed by atoms with Gasteiger partial charge in [-0.25, -0.2) is 0 Å². The third-order valence-corrected chi connectivity index (χ3v) is 2.27. The number of hydrogen-bond acceptors (Lipinski definition) is 3. The van der Waals surface area contributed by atoms with E-state index in [0.29, 0.717) is 0 Å². The van der Waals surface area contributed by atoms with E-state index in [1.165, 1.54) is 18.2 Å². The fourth-order valence-electron chi connectivity index (χ4n) is 0.810. The molecule has 0 aliphatic heterocycles. The quantitative estimate of drug-likeness (QED) is 0.659. The number of carbonyl (C=O) groups excluding carboxylic acids is 1. The average molecular weight is 201 g/mol. The summed E-state index contributed by atoms with van der Waals surface area (Å²) >= 11 is 0. The van der Waals surface area contributed by atoms with Crippen LogP contribution in [0.3, 0.4) is 0 Å². The summed E-state index contributed by atoms with van der Waals surface area (Å²) < 4.78 is 29.8. The average Bonchev–Trinajstić information content (AvgIpc) is 2.03. The topological polar surface area (TPSA) is 97.5 Å². The number of hydrogen-bond donors (Lipinski definition) is 2. The van der Waals surface area contributed by atoms with Crippen molar-refractivity contribution in [3.05, 3.63) is 29.8 Å². The Labute approximate surface area is 74.9 Å². The fraction of sp³-hybridized carbons (Fsp3) is 0. The van der Waals surface area contributed by atoms with Gasteiger partial charge in [0.1, 0.15) is 0 Å². The molecule has 13 heavy (non-hydrogen) atoms. The van der Waals surface area contributed by atoms with E-state index in [-0.39, 0.29) is 10.5 Å². The predicted molar refractivity (Wildman–Crippen MR) is 44.8 cm³/mol. The van der Waals surface area contributed by atoms with Gasteiger partial charge >= 0.3 is 0 Å². The highest BCUT2D eigenvalue weighted by Gasteiger charge is 2.10. The van der Waals surface area contributed by atoms with Crippen LogP contribution < -0.4 is 5.73 Å². The van der Waals surface area contributed by atoms with Gasteiger partial charge in [0.2, 0.25) is 5.91 Å². The largest absolute Gasteiger partial charge is 0.366 e. The molecule has 0 saturated heterocycles. The van der Waals surface area contributed by atoms with E-state index in [1.54, 1.807) is 0 Å². The molecule has 1 aromatic rings. The van der Waals surface area contributed by atoms with Gasteiger partial charge in [-0.15, -0.1) is 0 Å². The maximum absolute atomic E-state index is 10.6. The molecule has 5 nitrogen and oxygen atoms in total. The van der Waals surface area contributed by atoms with Crippen molar-refractivity contribution in [2.24, 2.45) is 5.73 Å². The first kappa shape index (κ1) is 9.69. The highest BCUT2D eigenvalue weighted by atomic mass is 32.2. The van der Waals surface area contributed by atoms with Gasteiger partial charge < -0.3 is 5.73 Å². The molecule has 0 radical (unpaired) electrons. The van der Waals surface area contributed by atoms with Crippen molar-refractivity contribution >= 4 is 16.0 Å². The molecule has 1 amide bonds. The summed E-state index contributed by atoms with van der Waals surface area (Å²) in [6.45, 7) is 0. The van der Waals surface area contributed by atoms with Crippen LogP contribution in [0.4, 0.5) is 0 Å². The molecule has 0 spiro atoms. The van der Waals surface area contributed by atoms with Crippen LogP contribution in [0.1, 0.15) is 10.4 Å². The molecular formula is C7H7NO4S. The Hall–Kier alpha value is -1.40. The molecule has 0 aliphatic rings. The zero-order chi connectivity index (χ0) is 10.1. The fourth-order valence-corrected chi connectivity index (χ4v) is 1.34. The first-order valence-electron chi connectivity index (χ1n) is 3.28. The Morgan fingerprint density at radius 1 is 1.38 bits per heavy atom. The normalized spacial score (nSPS) is 11.2. The highest BCUT2D eigenvalue weighted by Crippen LogP contribution is 2.10. The summed E-state index contributed by atoms with van der Waals surface area (Å²) in [5, 5.41) is 0. The Kier molecular flexibility index (Phi) is 2.35. The first-order valence-corrected chi connectivity index (χ1v) is 4.72. The Balaban J connectivity index is 3.29. The molecule has 0 unspecified atom stereocenters. The summed E-state index contributed by atoms with van der Waals surface area (Å²) in [7, 11) is -4.27. The van der Waals surface area contributed by atoms with Crippen LogP contribution in [0.2, 0.25) is 0 Å². The zero-order valence-electron chi connectivity index (χ0n) is 6.47. The van der Waals surface area contributed by atoms with Crippen molar-refractivity contribution in [1.82, 2.24) is 0 Å². The van der Waals surface area contributed by atoms with Crippen LogP contribution in [0.25, 0.3) is 0 Å². The van der Waals surface area contributed by atoms with Gasteiger partial charge in [-0.1, -0.05) is 6.07 Å². The van der Waals surface area contributed by atoms with E-state index < -0.39 is 16.0 Å². The lowest BCUT2D eigenvalue weighted by atomic mass is 10.2. The summed E-state index contributed by atoms with van der Waals surface area (Å²) in [5.74, 6) is -0.745. The third-order valence-electron chi connectivity index (χ3n) is 1.42. The molecule has 3 N–H and O–H groups in total. The standard InChI is InChI=1S/C7H7NO4S/c8-7(9)5-2-1-3-6(4-5)13(10,11)12/h1-4H,(H2,8,9)(H,10,11,12). The van der Waals surface area contributed by atoms with Crippen molar-refractivity contribution in [1.29, 1.82) is 0 Å². The van der Waals surface area contributed by atoms with Crippen LogP contribution in [0.15, 0.2) is 29.2 Å². The predicted octanol–water partition coefficient (Wildman–Crippen LogP) is 0.0322. The first-order chi connectivity index (χ1) is 5.91. The third kappa shape index (κ3) is 2.27. The molecule has 0 heterocycles. The molecule has 0 bridgehead atoms. The SMILES string of the molecule is NC(=O)c1cccc(S(=O)(=O)O)c1. The van der Waals surface area contributed by atoms with Crippen LogP contribution in [-0.4, -0.2) is 18.9 Å². The second kappa shape index (κ2) is 3.15. The minimum absolute atomic E-state index is 0.0372. The number of amides is 1. The number of nitrogens with two attached hydrogens (primary N) is 1. The molecule has 0 fully saturated rings. The summed E-state index contributed by atoms with van der Waals surface area (Å²) in [6.07, 6.45) is 0. The van der Waals surface area contributed by atoms with Crippen LogP contribution in [0, 0.1) is 0 Å². The van der Waals surface area contributed by atoms with Gasteiger partial charge in [0.05, 0.1) is 4.90 Å². The molecule has 0 atom stereocenters. The van der Waals surface area contributed by atoms with Crippen molar-refractivity contribution in [3.63, 3.8) is 0 Å². The van der Waals surface area contributed by atoms with Gasteiger partial charge in [-0.05, 0) is 18.2 Å². The van der Waals surface area contributed by atoms with E-state index in [0.717, 1.165) is 6.07 Å². The monoisotopic (exact) mass is 201 g/mol. The molecule has 0 saturated carbocycles. The number of rotatable bonds is 2. The summed E-state index contributed by atoms with van der Waals surface area (Å²) in [6, 6.07) is 4.86. The highest BCUT2D eigenvalue weighted by molar-refractivity contribution is 7.85. The van der Waals surface area contributed by atoms with Gasteiger partial charge in [-0.3, -0.25) is 9.35 Å². The van der Waals surface area contributed by atoms with Crippen molar-refractivity contribution in [2.75, 3.05) is 0 Å². The molecule has 6 heteroatoms. The summed E-state index contributed by atoms with van der Waals surface area (Å²) in [4.78, 5) is 10.3. The van der Waals surface area contributed by atoms with Crippen LogP contribution in [0.5, 0.6) is 0 Å². The van der Waals surface area contributed by atoms with E-state index in [9.17, 15) is 13.2 Å². The number of primary amides is 1. The minimum atomic E-state index is -4.27. The van der Waals surface area contributed by atoms with Crippen molar-refractivity contribution in [2.45, 2.75) is 4.90 Å². The van der Waals surface area contributed by atoms with Crippen molar-refractivity contribution in [3.8, 4) is 0 Å². The Morgan fingerprint density at radius 2 is 2.00 bits per heavy atom. The molecule has 0 aromatic heterocycles. The molecule has 0 aliphatic carbocycles. The lowest BCUT2D eigenvalue weighted by Gasteiger charge is -1.98. The van der Waals surface area contributed by atoms with Crippen molar-refractivity contribution < 1.29 is 17.8 Å². The summed E-state index contributed by atoms with van der Waals surface area (Å²) in [5.41, 5.74) is 4.95. The Bertz CT molecular complexity index is 438. The van der Waals surface area contributed by atoms with E-state index in [2.05, 4.69) is 0 Å². The van der Waals surface area contributed by atoms with Crippen LogP contribution in [-0.2, 0) is 10.1 Å². The molecule has 1 rings (SSSR count). The minimum Gasteiger partial charge on any atom is -0.366 e. The maximum Gasteiger partial charge on any atom is 0.294 e. The second-order valence-electron chi connectivity index (χ2n) is 2.37. The van der Waals surface area contributed by atoms with Gasteiger partial charge in [0.15, 0.2) is 0 Å². The van der Waals surface area contributed by atoms with E-state index >= 15 is 0 Å². The lowest BCUT2D eigenvalue weighted by Crippen LogP contribution is -2.11. The lowest BCUT2D eigenvalue weighted by molar-refractivity contribution is 0.1000. The number of carbonyl (C=O) groups is 1.